The molecule has 3 aromatic rings. The number of nitrogens with zero attached hydrogens (tertiary/aromatic N) is 4. The summed E-state index contributed by atoms with van der Waals surface area (Å²) in [5.74, 6) is 0. The minimum atomic E-state index is 0.885. The number of hydrogen-bond donors (Lipinski definition) is 2. The first-order chi connectivity index (χ1) is 13.8. The Morgan fingerprint density at radius 1 is 1.14 bits per heavy atom. The monoisotopic (exact) mass is 396 g/mol. The lowest BCUT2D eigenvalue weighted by molar-refractivity contribution is 0.287. The number of likely N-dealkylation sites (N-methyl/N-ethyl adjacent to an activating group) is 2. The summed E-state index contributed by atoms with van der Waals surface area (Å²) in [5.41, 5.74) is 4.56. The van der Waals surface area contributed by atoms with Crippen molar-refractivity contribution in [3.63, 3.8) is 0 Å². The molecule has 0 atom stereocenters. The van der Waals surface area contributed by atoms with E-state index >= 15 is 0 Å². The van der Waals surface area contributed by atoms with Crippen molar-refractivity contribution in [3.05, 3.63) is 30.5 Å². The topological polar surface area (TPSA) is 58.0 Å². The van der Waals surface area contributed by atoms with Crippen LogP contribution < -0.4 is 10.6 Å². The fourth-order valence-electron chi connectivity index (χ4n) is 3.69. The molecular weight excluding hydrogens is 368 g/mol. The molecule has 0 saturated heterocycles. The van der Waals surface area contributed by atoms with Gasteiger partial charge in [0.25, 0.3) is 0 Å². The molecule has 0 saturated carbocycles. The van der Waals surface area contributed by atoms with Crippen LogP contribution in [-0.2, 0) is 6.54 Å². The van der Waals surface area contributed by atoms with Crippen molar-refractivity contribution < 1.29 is 0 Å². The molecule has 0 fully saturated rings. The summed E-state index contributed by atoms with van der Waals surface area (Å²) in [4.78, 5) is 8.29. The van der Waals surface area contributed by atoms with Gasteiger partial charge in [-0.05, 0) is 44.4 Å². The highest BCUT2D eigenvalue weighted by Gasteiger charge is 2.26. The first-order valence-corrected chi connectivity index (χ1v) is 10.9. The van der Waals surface area contributed by atoms with E-state index in [0.717, 1.165) is 61.2 Å². The second-order valence-corrected chi connectivity index (χ2v) is 7.92. The van der Waals surface area contributed by atoms with Crippen molar-refractivity contribution in [2.24, 2.45) is 0 Å². The van der Waals surface area contributed by atoms with Crippen LogP contribution in [0.3, 0.4) is 0 Å². The summed E-state index contributed by atoms with van der Waals surface area (Å²) < 4.78 is 2.17. The number of benzene rings is 1. The second-order valence-electron chi connectivity index (χ2n) is 6.92. The van der Waals surface area contributed by atoms with Crippen molar-refractivity contribution in [1.82, 2.24) is 25.0 Å². The molecule has 4 rings (SSSR count). The van der Waals surface area contributed by atoms with Crippen molar-refractivity contribution in [2.45, 2.75) is 30.3 Å². The van der Waals surface area contributed by atoms with Crippen LogP contribution in [0.2, 0.25) is 0 Å². The number of hydrogen-bond acceptors (Lipinski definition) is 6. The molecule has 2 N–H and O–H groups in total. The van der Waals surface area contributed by atoms with E-state index in [0.29, 0.717) is 0 Å². The van der Waals surface area contributed by atoms with Gasteiger partial charge in [-0.3, -0.25) is 4.68 Å². The van der Waals surface area contributed by atoms with Crippen LogP contribution in [0.25, 0.3) is 22.2 Å². The van der Waals surface area contributed by atoms with E-state index in [9.17, 15) is 0 Å². The van der Waals surface area contributed by atoms with Gasteiger partial charge >= 0.3 is 0 Å². The Labute approximate surface area is 170 Å². The predicted octanol–water partition coefficient (Wildman–Crippen LogP) is 3.54. The second kappa shape index (κ2) is 8.51. The average molecular weight is 397 g/mol. The quantitative estimate of drug-likeness (QED) is 0.422. The lowest BCUT2D eigenvalue weighted by atomic mass is 10.1. The Hall–Kier alpha value is -2.09. The standard InChI is InChI=1S/C21H28N6S/c1-4-26(5-2)13-14-27-17-9-8-16(23-12-11-22-3)20-18(17)19(25-27)15-7-6-10-24-21(15)28-20/h6-10,22-23H,4-5,11-14H2,1-3H3. The molecule has 7 heteroatoms. The van der Waals surface area contributed by atoms with Gasteiger partial charge in [-0.2, -0.15) is 5.10 Å². The lowest BCUT2D eigenvalue weighted by Gasteiger charge is -2.18. The number of rotatable bonds is 9. The molecule has 6 nitrogen and oxygen atoms in total. The average Bonchev–Trinajstić information content (AvgIpc) is 3.10. The fraction of sp³-hybridized carbons (Fsp3) is 0.429. The normalized spacial score (nSPS) is 12.6. The summed E-state index contributed by atoms with van der Waals surface area (Å²) >= 11 is 1.75. The number of nitrogens with one attached hydrogen (secondary N) is 2. The van der Waals surface area contributed by atoms with Crippen molar-refractivity contribution in [1.29, 1.82) is 0 Å². The van der Waals surface area contributed by atoms with E-state index in [4.69, 9.17) is 5.10 Å². The van der Waals surface area contributed by atoms with Gasteiger partial charge < -0.3 is 15.5 Å². The Bertz CT molecular complexity index is 963. The Morgan fingerprint density at radius 2 is 2.00 bits per heavy atom. The van der Waals surface area contributed by atoms with Gasteiger partial charge in [-0.1, -0.05) is 25.6 Å². The van der Waals surface area contributed by atoms with Crippen LogP contribution >= 0.6 is 11.8 Å². The molecule has 28 heavy (non-hydrogen) atoms. The van der Waals surface area contributed by atoms with Crippen LogP contribution in [0, 0.1) is 0 Å². The number of pyridine rings is 1. The summed E-state index contributed by atoms with van der Waals surface area (Å²) in [6.45, 7) is 10.3. The lowest BCUT2D eigenvalue weighted by Crippen LogP contribution is -2.27. The maximum atomic E-state index is 5.04. The molecule has 2 aromatic heterocycles. The molecule has 1 aromatic carbocycles. The Kier molecular flexibility index (Phi) is 5.85. The maximum Gasteiger partial charge on any atom is 0.110 e. The summed E-state index contributed by atoms with van der Waals surface area (Å²) in [5, 5.41) is 14.1. The van der Waals surface area contributed by atoms with Crippen molar-refractivity contribution in [3.8, 4) is 11.3 Å². The highest BCUT2D eigenvalue weighted by atomic mass is 32.2. The van der Waals surface area contributed by atoms with E-state index in [2.05, 4.69) is 57.2 Å². The first kappa shape index (κ1) is 19.2. The largest absolute Gasteiger partial charge is 0.383 e. The third-order valence-electron chi connectivity index (χ3n) is 5.31. The third kappa shape index (κ3) is 3.50. The van der Waals surface area contributed by atoms with Crippen LogP contribution in [0.5, 0.6) is 0 Å². The van der Waals surface area contributed by atoms with E-state index in [-0.39, 0.29) is 0 Å². The summed E-state index contributed by atoms with van der Waals surface area (Å²) in [7, 11) is 1.97. The minimum Gasteiger partial charge on any atom is -0.383 e. The molecule has 0 amide bonds. The first-order valence-electron chi connectivity index (χ1n) is 10.0. The van der Waals surface area contributed by atoms with Gasteiger partial charge in [0.2, 0.25) is 0 Å². The smallest absolute Gasteiger partial charge is 0.110 e. The number of aromatic nitrogens is 3. The molecule has 0 spiro atoms. The molecule has 0 unspecified atom stereocenters. The maximum absolute atomic E-state index is 5.04. The van der Waals surface area contributed by atoms with E-state index in [1.54, 1.807) is 11.8 Å². The summed E-state index contributed by atoms with van der Waals surface area (Å²) in [6, 6.07) is 8.53. The van der Waals surface area contributed by atoms with Crippen LogP contribution in [-0.4, -0.2) is 59.4 Å². The van der Waals surface area contributed by atoms with Gasteiger partial charge in [-0.25, -0.2) is 4.98 Å². The SMILES string of the molecule is CCN(CC)CCn1nc2c3c(c(NCCNC)ccc31)Sc1ncccc1-2. The Morgan fingerprint density at radius 3 is 2.79 bits per heavy atom. The zero-order valence-electron chi connectivity index (χ0n) is 16.8. The van der Waals surface area contributed by atoms with Gasteiger partial charge in [0.15, 0.2) is 0 Å². The number of fused-ring (bicyclic) bond motifs is 2. The summed E-state index contributed by atoms with van der Waals surface area (Å²) in [6.07, 6.45) is 1.86. The molecule has 0 bridgehead atoms. The van der Waals surface area contributed by atoms with Crippen LogP contribution in [0.4, 0.5) is 5.69 Å². The molecule has 0 aliphatic carbocycles. The minimum absolute atomic E-state index is 0.885. The predicted molar refractivity (Wildman–Crippen MR) is 117 cm³/mol. The van der Waals surface area contributed by atoms with Crippen molar-refractivity contribution in [2.75, 3.05) is 45.1 Å². The third-order valence-corrected chi connectivity index (χ3v) is 6.46. The molecule has 3 heterocycles. The van der Waals surface area contributed by atoms with Crippen LogP contribution in [0.15, 0.2) is 40.4 Å². The number of anilines is 1. The molecule has 148 valence electrons. The highest BCUT2D eigenvalue weighted by Crippen LogP contribution is 2.49. The van der Waals surface area contributed by atoms with Gasteiger partial charge in [0.1, 0.15) is 10.7 Å². The molecule has 1 aliphatic rings. The van der Waals surface area contributed by atoms with Gasteiger partial charge in [0.05, 0.1) is 12.1 Å². The zero-order valence-corrected chi connectivity index (χ0v) is 17.6. The van der Waals surface area contributed by atoms with Gasteiger partial charge in [-0.15, -0.1) is 0 Å². The van der Waals surface area contributed by atoms with E-state index in [1.807, 2.05) is 19.3 Å². The fourth-order valence-corrected chi connectivity index (χ4v) is 4.83. The molecule has 1 aliphatic heterocycles. The van der Waals surface area contributed by atoms with Crippen LogP contribution in [0.1, 0.15) is 13.8 Å². The van der Waals surface area contributed by atoms with E-state index in [1.165, 1.54) is 15.8 Å². The van der Waals surface area contributed by atoms with E-state index < -0.39 is 0 Å². The molecular formula is C21H28N6S. The zero-order chi connectivity index (χ0) is 19.5. The Balaban J connectivity index is 1.78. The molecule has 0 radical (unpaired) electrons. The van der Waals surface area contributed by atoms with Gasteiger partial charge in [0, 0.05) is 47.4 Å². The van der Waals surface area contributed by atoms with Crippen molar-refractivity contribution >= 4 is 28.4 Å². The highest BCUT2D eigenvalue weighted by molar-refractivity contribution is 7.99.